The van der Waals surface area contributed by atoms with Crippen molar-refractivity contribution in [3.63, 3.8) is 0 Å². The van der Waals surface area contributed by atoms with Crippen LogP contribution in [0.5, 0.6) is 0 Å². The van der Waals surface area contributed by atoms with Crippen molar-refractivity contribution in [2.45, 2.75) is 6.42 Å². The molecular formula is C29H19F3O. The van der Waals surface area contributed by atoms with Crippen LogP contribution in [0.4, 0.5) is 13.2 Å². The molecule has 0 saturated heterocycles. The second kappa shape index (κ2) is 10.1. The lowest BCUT2D eigenvalue weighted by Gasteiger charge is -2.01. The fourth-order valence-corrected chi connectivity index (χ4v) is 3.30. The molecule has 4 aromatic carbocycles. The van der Waals surface area contributed by atoms with E-state index in [1.807, 2.05) is 24.3 Å². The van der Waals surface area contributed by atoms with Crippen molar-refractivity contribution in [2.75, 3.05) is 13.7 Å². The molecule has 0 saturated carbocycles. The second-order valence-electron chi connectivity index (χ2n) is 7.43. The highest BCUT2D eigenvalue weighted by molar-refractivity contribution is 5.84. The Morgan fingerprint density at radius 1 is 0.667 bits per heavy atom. The molecule has 4 aromatic rings. The summed E-state index contributed by atoms with van der Waals surface area (Å²) in [6.45, 7) is 0.666. The third-order valence-corrected chi connectivity index (χ3v) is 5.12. The number of hydrogen-bond acceptors (Lipinski definition) is 1. The maximum absolute atomic E-state index is 14.5. The van der Waals surface area contributed by atoms with Crippen LogP contribution in [0.25, 0.3) is 10.8 Å². The fraction of sp³-hybridized carbons (Fsp3) is 0.103. The summed E-state index contributed by atoms with van der Waals surface area (Å²) in [4.78, 5) is 0. The van der Waals surface area contributed by atoms with E-state index >= 15 is 0 Å². The van der Waals surface area contributed by atoms with Gasteiger partial charge in [-0.1, -0.05) is 47.9 Å². The van der Waals surface area contributed by atoms with Gasteiger partial charge in [-0.25, -0.2) is 13.2 Å². The largest absolute Gasteiger partial charge is 0.384 e. The third kappa shape index (κ3) is 5.44. The average molecular weight is 440 g/mol. The Labute approximate surface area is 190 Å². The molecule has 1 nitrogen and oxygen atoms in total. The van der Waals surface area contributed by atoms with E-state index in [0.29, 0.717) is 23.1 Å². The summed E-state index contributed by atoms with van der Waals surface area (Å²) in [5, 5.41) is 0.706. The summed E-state index contributed by atoms with van der Waals surface area (Å²) in [6.07, 6.45) is 0.840. The van der Waals surface area contributed by atoms with Gasteiger partial charge in [0.2, 0.25) is 0 Å². The third-order valence-electron chi connectivity index (χ3n) is 5.12. The standard InChI is InChI=1S/C29H19F3O/c1-33-17-16-21-4-2-20(3-5-21)6-7-23-9-12-24(28(31)19-23)11-8-22-10-14-26-25(18-22)13-15-27(30)29(26)32/h2-5,9-10,12-15,18-19H,16-17H2,1H3. The Hall–Kier alpha value is -3.99. The molecule has 0 aliphatic carbocycles. The quantitative estimate of drug-likeness (QED) is 0.343. The van der Waals surface area contributed by atoms with Crippen molar-refractivity contribution in [3.8, 4) is 23.7 Å². The number of ether oxygens (including phenoxy) is 1. The zero-order chi connectivity index (χ0) is 23.2. The zero-order valence-electron chi connectivity index (χ0n) is 17.9. The number of halogens is 3. The molecule has 0 N–H and O–H groups in total. The van der Waals surface area contributed by atoms with E-state index < -0.39 is 17.5 Å². The van der Waals surface area contributed by atoms with Crippen LogP contribution in [0.2, 0.25) is 0 Å². The van der Waals surface area contributed by atoms with Gasteiger partial charge in [0.25, 0.3) is 0 Å². The Bertz CT molecular complexity index is 1430. The molecule has 4 rings (SSSR count). The van der Waals surface area contributed by atoms with E-state index in [-0.39, 0.29) is 10.9 Å². The van der Waals surface area contributed by atoms with E-state index in [1.54, 1.807) is 31.4 Å². The fourth-order valence-electron chi connectivity index (χ4n) is 3.30. The van der Waals surface area contributed by atoms with Gasteiger partial charge in [-0.15, -0.1) is 0 Å². The predicted molar refractivity (Wildman–Crippen MR) is 124 cm³/mol. The van der Waals surface area contributed by atoms with Crippen molar-refractivity contribution >= 4 is 10.8 Å². The first-order valence-corrected chi connectivity index (χ1v) is 10.3. The second-order valence-corrected chi connectivity index (χ2v) is 7.43. The van der Waals surface area contributed by atoms with Gasteiger partial charge in [-0.2, -0.15) is 0 Å². The number of benzene rings is 4. The Morgan fingerprint density at radius 2 is 1.33 bits per heavy atom. The van der Waals surface area contributed by atoms with Crippen LogP contribution in [0.1, 0.15) is 27.8 Å². The molecule has 0 radical (unpaired) electrons. The van der Waals surface area contributed by atoms with Crippen LogP contribution in [-0.4, -0.2) is 13.7 Å². The smallest absolute Gasteiger partial charge is 0.166 e. The van der Waals surface area contributed by atoms with Gasteiger partial charge >= 0.3 is 0 Å². The molecule has 0 aromatic heterocycles. The SMILES string of the molecule is COCCc1ccc(C#Cc2ccc(C#Cc3ccc4c(F)c(F)ccc4c3)c(F)c2)cc1. The van der Waals surface area contributed by atoms with Gasteiger partial charge in [-0.3, -0.25) is 0 Å². The highest BCUT2D eigenvalue weighted by Gasteiger charge is 2.07. The minimum atomic E-state index is -0.898. The van der Waals surface area contributed by atoms with Crippen LogP contribution < -0.4 is 0 Å². The average Bonchev–Trinajstić information content (AvgIpc) is 2.84. The number of rotatable bonds is 3. The Kier molecular flexibility index (Phi) is 6.79. The van der Waals surface area contributed by atoms with E-state index in [9.17, 15) is 13.2 Å². The van der Waals surface area contributed by atoms with Gasteiger partial charge in [0.15, 0.2) is 11.6 Å². The van der Waals surface area contributed by atoms with Gasteiger partial charge in [-0.05, 0) is 65.9 Å². The lowest BCUT2D eigenvalue weighted by Crippen LogP contribution is -1.93. The molecular weight excluding hydrogens is 421 g/mol. The topological polar surface area (TPSA) is 9.23 Å². The molecule has 0 unspecified atom stereocenters. The highest BCUT2D eigenvalue weighted by Crippen LogP contribution is 2.21. The Balaban J connectivity index is 1.50. The molecule has 0 aliphatic heterocycles. The molecule has 162 valence electrons. The van der Waals surface area contributed by atoms with Crippen molar-refractivity contribution in [2.24, 2.45) is 0 Å². The summed E-state index contributed by atoms with van der Waals surface area (Å²) in [5.74, 6) is 9.40. The van der Waals surface area contributed by atoms with E-state index in [1.165, 1.54) is 23.8 Å². The molecule has 0 spiro atoms. The molecule has 33 heavy (non-hydrogen) atoms. The van der Waals surface area contributed by atoms with Crippen LogP contribution in [0.15, 0.2) is 72.8 Å². The van der Waals surface area contributed by atoms with Gasteiger partial charge in [0.1, 0.15) is 5.82 Å². The maximum Gasteiger partial charge on any atom is 0.166 e. The molecule has 0 aliphatic rings. The first-order valence-electron chi connectivity index (χ1n) is 10.3. The van der Waals surface area contributed by atoms with Crippen molar-refractivity contribution in [1.82, 2.24) is 0 Å². The van der Waals surface area contributed by atoms with Gasteiger partial charge in [0.05, 0.1) is 12.2 Å². The summed E-state index contributed by atoms with van der Waals surface area (Å²) in [6, 6.07) is 19.8. The highest BCUT2D eigenvalue weighted by atomic mass is 19.2. The number of fused-ring (bicyclic) bond motifs is 1. The van der Waals surface area contributed by atoms with Crippen LogP contribution in [0.3, 0.4) is 0 Å². The van der Waals surface area contributed by atoms with Crippen molar-refractivity contribution in [1.29, 1.82) is 0 Å². The summed E-state index contributed by atoms with van der Waals surface area (Å²) in [5.41, 5.74) is 3.36. The van der Waals surface area contributed by atoms with Crippen LogP contribution in [-0.2, 0) is 11.2 Å². The summed E-state index contributed by atoms with van der Waals surface area (Å²) >= 11 is 0. The van der Waals surface area contributed by atoms with E-state index in [4.69, 9.17) is 4.74 Å². The minimum absolute atomic E-state index is 0.180. The molecule has 0 fully saturated rings. The lowest BCUT2D eigenvalue weighted by atomic mass is 10.1. The lowest BCUT2D eigenvalue weighted by molar-refractivity contribution is 0.202. The number of methoxy groups -OCH3 is 1. The normalized spacial score (nSPS) is 10.3. The molecule has 0 atom stereocenters. The maximum atomic E-state index is 14.5. The summed E-state index contributed by atoms with van der Waals surface area (Å²) < 4.78 is 46.8. The van der Waals surface area contributed by atoms with Gasteiger partial charge < -0.3 is 4.74 Å². The van der Waals surface area contributed by atoms with Crippen molar-refractivity contribution in [3.05, 3.63) is 118 Å². The first-order chi connectivity index (χ1) is 16.0. The number of hydrogen-bond donors (Lipinski definition) is 0. The predicted octanol–water partition coefficient (Wildman–Crippen LogP) is 6.25. The Morgan fingerprint density at radius 3 is 2.09 bits per heavy atom. The minimum Gasteiger partial charge on any atom is -0.384 e. The summed E-state index contributed by atoms with van der Waals surface area (Å²) in [7, 11) is 1.67. The van der Waals surface area contributed by atoms with Crippen LogP contribution >= 0.6 is 0 Å². The zero-order valence-corrected chi connectivity index (χ0v) is 17.9. The molecule has 4 heteroatoms. The molecule has 0 heterocycles. The van der Waals surface area contributed by atoms with Crippen LogP contribution in [0, 0.1) is 41.1 Å². The monoisotopic (exact) mass is 440 g/mol. The van der Waals surface area contributed by atoms with E-state index in [0.717, 1.165) is 18.1 Å². The molecule has 0 amide bonds. The van der Waals surface area contributed by atoms with Gasteiger partial charge in [0, 0.05) is 29.2 Å². The van der Waals surface area contributed by atoms with E-state index in [2.05, 4.69) is 23.7 Å². The first kappa shape index (κ1) is 22.2. The molecule has 0 bridgehead atoms. The van der Waals surface area contributed by atoms with Crippen molar-refractivity contribution < 1.29 is 17.9 Å².